The van der Waals surface area contributed by atoms with Crippen LogP contribution in [0.2, 0.25) is 0 Å². The molecule has 0 spiro atoms. The summed E-state index contributed by atoms with van der Waals surface area (Å²) in [7, 11) is 0. The van der Waals surface area contributed by atoms with Gasteiger partial charge in [0.1, 0.15) is 11.3 Å². The minimum absolute atomic E-state index is 0.295. The number of hydrogen-bond acceptors (Lipinski definition) is 4. The molecule has 0 bridgehead atoms. The lowest BCUT2D eigenvalue weighted by molar-refractivity contribution is 0.275. The lowest BCUT2D eigenvalue weighted by Crippen LogP contribution is -2.24. The molecule has 2 aromatic carbocycles. The predicted octanol–water partition coefficient (Wildman–Crippen LogP) is 4.67. The van der Waals surface area contributed by atoms with Gasteiger partial charge in [0.15, 0.2) is 0 Å². The van der Waals surface area contributed by atoms with Crippen LogP contribution in [-0.4, -0.2) is 21.6 Å². The SMILES string of the molecule is CCN.Oc1cc2c(c3nc4ccccc4nc13)CCC1CCCCC21. The van der Waals surface area contributed by atoms with Crippen molar-refractivity contribution < 1.29 is 5.11 Å². The Balaban J connectivity index is 0.000000527. The van der Waals surface area contributed by atoms with Crippen molar-refractivity contribution in [2.75, 3.05) is 6.54 Å². The third-order valence-electron chi connectivity index (χ3n) is 5.81. The summed E-state index contributed by atoms with van der Waals surface area (Å²) in [6.07, 6.45) is 7.59. The second kappa shape index (κ2) is 7.20. The van der Waals surface area contributed by atoms with E-state index in [-0.39, 0.29) is 0 Å². The van der Waals surface area contributed by atoms with E-state index in [2.05, 4.69) is 4.98 Å². The molecule has 1 heterocycles. The molecule has 0 amide bonds. The molecule has 1 fully saturated rings. The Bertz CT molecular complexity index is 937. The molecular formula is C22H27N3O. The summed E-state index contributed by atoms with van der Waals surface area (Å²) in [4.78, 5) is 9.54. The number of phenols is 1. The van der Waals surface area contributed by atoms with Gasteiger partial charge in [-0.1, -0.05) is 31.9 Å². The first kappa shape index (κ1) is 17.2. The lowest BCUT2D eigenvalue weighted by Gasteiger charge is -2.37. The average Bonchev–Trinajstić information content (AvgIpc) is 2.67. The number of nitrogens with zero attached hydrogens (tertiary/aromatic N) is 2. The van der Waals surface area contributed by atoms with Gasteiger partial charge in [0.2, 0.25) is 0 Å². The van der Waals surface area contributed by atoms with Crippen molar-refractivity contribution in [1.29, 1.82) is 0 Å². The number of rotatable bonds is 0. The quantitative estimate of drug-likeness (QED) is 0.578. The normalized spacial score (nSPS) is 21.6. The van der Waals surface area contributed by atoms with Crippen molar-refractivity contribution in [2.45, 2.75) is 51.4 Å². The number of phenolic OH excluding ortho intramolecular Hbond substituents is 1. The predicted molar refractivity (Wildman–Crippen MR) is 106 cm³/mol. The van der Waals surface area contributed by atoms with Gasteiger partial charge in [0.25, 0.3) is 0 Å². The molecule has 0 radical (unpaired) electrons. The van der Waals surface area contributed by atoms with Gasteiger partial charge in [-0.25, -0.2) is 9.97 Å². The van der Waals surface area contributed by atoms with E-state index in [1.807, 2.05) is 37.3 Å². The standard InChI is InChI=1S/C20H20N2O.C2H7N/c23-18-11-15-13-6-2-1-5-12(13)9-10-14(15)19-20(18)22-17-8-4-3-7-16(17)21-19;1-2-3/h3-4,7-8,11-13,23H,1-2,5-6,9-10H2;2-3H2,1H3. The number of fused-ring (bicyclic) bond motifs is 6. The molecule has 0 aliphatic heterocycles. The maximum absolute atomic E-state index is 10.6. The van der Waals surface area contributed by atoms with Gasteiger partial charge >= 0.3 is 0 Å². The van der Waals surface area contributed by atoms with Gasteiger partial charge in [0, 0.05) is 0 Å². The van der Waals surface area contributed by atoms with Gasteiger partial charge in [0.05, 0.1) is 16.6 Å². The van der Waals surface area contributed by atoms with E-state index in [1.165, 1.54) is 43.2 Å². The minimum Gasteiger partial charge on any atom is -0.506 e. The Kier molecular flexibility index (Phi) is 4.77. The van der Waals surface area contributed by atoms with Gasteiger partial charge in [-0.3, -0.25) is 0 Å². The summed E-state index contributed by atoms with van der Waals surface area (Å²) in [5.41, 5.74) is 10.9. The smallest absolute Gasteiger partial charge is 0.143 e. The number of aromatic nitrogens is 2. The van der Waals surface area contributed by atoms with Crippen LogP contribution >= 0.6 is 0 Å². The van der Waals surface area contributed by atoms with Crippen LogP contribution in [-0.2, 0) is 6.42 Å². The fourth-order valence-corrected chi connectivity index (χ4v) is 4.71. The third-order valence-corrected chi connectivity index (χ3v) is 5.81. The Morgan fingerprint density at radius 2 is 1.69 bits per heavy atom. The molecule has 1 saturated carbocycles. The Labute approximate surface area is 154 Å². The van der Waals surface area contributed by atoms with Crippen LogP contribution < -0.4 is 5.73 Å². The highest BCUT2D eigenvalue weighted by atomic mass is 16.3. The van der Waals surface area contributed by atoms with E-state index in [4.69, 9.17) is 10.7 Å². The fourth-order valence-electron chi connectivity index (χ4n) is 4.71. The molecule has 2 aliphatic carbocycles. The van der Waals surface area contributed by atoms with Crippen LogP contribution in [0.15, 0.2) is 30.3 Å². The zero-order chi connectivity index (χ0) is 18.1. The molecule has 5 rings (SSSR count). The molecule has 26 heavy (non-hydrogen) atoms. The first-order valence-corrected chi connectivity index (χ1v) is 9.84. The van der Waals surface area contributed by atoms with E-state index in [0.717, 1.165) is 35.4 Å². The number of aromatic hydroxyl groups is 1. The topological polar surface area (TPSA) is 72.0 Å². The van der Waals surface area contributed by atoms with E-state index in [9.17, 15) is 5.11 Å². The van der Waals surface area contributed by atoms with Crippen molar-refractivity contribution in [3.8, 4) is 5.75 Å². The summed E-state index contributed by atoms with van der Waals surface area (Å²) >= 11 is 0. The van der Waals surface area contributed by atoms with Gasteiger partial charge < -0.3 is 10.8 Å². The zero-order valence-electron chi connectivity index (χ0n) is 15.4. The first-order valence-electron chi connectivity index (χ1n) is 9.84. The second-order valence-electron chi connectivity index (χ2n) is 7.47. The number of nitrogens with two attached hydrogens (primary N) is 1. The third kappa shape index (κ3) is 2.92. The van der Waals surface area contributed by atoms with E-state index in [0.29, 0.717) is 17.2 Å². The van der Waals surface area contributed by atoms with Crippen molar-refractivity contribution in [3.63, 3.8) is 0 Å². The number of hydrogen-bond donors (Lipinski definition) is 2. The van der Waals surface area contributed by atoms with E-state index >= 15 is 0 Å². The lowest BCUT2D eigenvalue weighted by atomic mass is 9.68. The van der Waals surface area contributed by atoms with Crippen molar-refractivity contribution in [2.24, 2.45) is 11.7 Å². The Morgan fingerprint density at radius 3 is 2.42 bits per heavy atom. The summed E-state index contributed by atoms with van der Waals surface area (Å²) in [6, 6.07) is 9.91. The van der Waals surface area contributed by atoms with Crippen LogP contribution in [0.4, 0.5) is 0 Å². The fraction of sp³-hybridized carbons (Fsp3) is 0.455. The average molecular weight is 349 g/mol. The highest BCUT2D eigenvalue weighted by Gasteiger charge is 2.33. The molecule has 3 N–H and O–H groups in total. The molecule has 136 valence electrons. The first-order chi connectivity index (χ1) is 12.7. The monoisotopic (exact) mass is 349 g/mol. The van der Waals surface area contributed by atoms with E-state index in [1.54, 1.807) is 0 Å². The second-order valence-corrected chi connectivity index (χ2v) is 7.47. The largest absolute Gasteiger partial charge is 0.506 e. The van der Waals surface area contributed by atoms with Crippen LogP contribution in [0.3, 0.4) is 0 Å². The van der Waals surface area contributed by atoms with Gasteiger partial charge in [-0.15, -0.1) is 0 Å². The van der Waals surface area contributed by atoms with E-state index < -0.39 is 0 Å². The van der Waals surface area contributed by atoms with Gasteiger partial charge in [-0.2, -0.15) is 0 Å². The molecule has 0 saturated heterocycles. The maximum Gasteiger partial charge on any atom is 0.143 e. The van der Waals surface area contributed by atoms with Crippen LogP contribution in [0, 0.1) is 5.92 Å². The summed E-state index contributed by atoms with van der Waals surface area (Å²) in [5, 5.41) is 10.6. The molecule has 3 aromatic rings. The number of aryl methyl sites for hydroxylation is 1. The zero-order valence-corrected chi connectivity index (χ0v) is 15.4. The van der Waals surface area contributed by atoms with Gasteiger partial charge in [-0.05, 0) is 73.4 Å². The molecule has 2 unspecified atom stereocenters. The van der Waals surface area contributed by atoms with Crippen molar-refractivity contribution >= 4 is 22.1 Å². The molecule has 2 aliphatic rings. The maximum atomic E-state index is 10.6. The van der Waals surface area contributed by atoms with Crippen LogP contribution in [0.25, 0.3) is 22.1 Å². The summed E-state index contributed by atoms with van der Waals surface area (Å²) in [6.45, 7) is 2.65. The molecule has 2 atom stereocenters. The minimum atomic E-state index is 0.295. The van der Waals surface area contributed by atoms with Crippen molar-refractivity contribution in [3.05, 3.63) is 41.5 Å². The molecule has 4 nitrogen and oxygen atoms in total. The number of para-hydroxylation sites is 2. The summed E-state index contributed by atoms with van der Waals surface area (Å²) < 4.78 is 0. The van der Waals surface area contributed by atoms with Crippen LogP contribution in [0.5, 0.6) is 5.75 Å². The van der Waals surface area contributed by atoms with Crippen molar-refractivity contribution in [1.82, 2.24) is 9.97 Å². The summed E-state index contributed by atoms with van der Waals surface area (Å²) in [5.74, 6) is 1.70. The Morgan fingerprint density at radius 1 is 1.04 bits per heavy atom. The molecule has 1 aromatic heterocycles. The molecular weight excluding hydrogens is 322 g/mol. The number of benzene rings is 2. The Hall–Kier alpha value is -2.20. The van der Waals surface area contributed by atoms with Crippen LogP contribution in [0.1, 0.15) is 56.1 Å². The highest BCUT2D eigenvalue weighted by Crippen LogP contribution is 2.47. The molecule has 4 heteroatoms. The highest BCUT2D eigenvalue weighted by molar-refractivity contribution is 5.92.